The van der Waals surface area contributed by atoms with Gasteiger partial charge in [-0.1, -0.05) is 13.8 Å². The van der Waals surface area contributed by atoms with E-state index in [4.69, 9.17) is 4.74 Å². The Morgan fingerprint density at radius 2 is 2.00 bits per heavy atom. The molecule has 1 N–H and O–H groups in total. The van der Waals surface area contributed by atoms with Crippen molar-refractivity contribution in [1.29, 1.82) is 0 Å². The quantitative estimate of drug-likeness (QED) is 0.709. The molecule has 0 saturated carbocycles. The molecule has 2 fully saturated rings. The molecule has 1 unspecified atom stereocenters. The smallest absolute Gasteiger partial charge is 0.121 e. The van der Waals surface area contributed by atoms with E-state index < -0.39 is 0 Å². The van der Waals surface area contributed by atoms with E-state index in [2.05, 4.69) is 31.1 Å². The van der Waals surface area contributed by atoms with Gasteiger partial charge in [0.05, 0.1) is 6.61 Å². The van der Waals surface area contributed by atoms with Crippen molar-refractivity contribution in [2.75, 3.05) is 33.3 Å². The maximum Gasteiger partial charge on any atom is 0.121 e. The number of hydrogen-bond acceptors (Lipinski definition) is 3. The highest BCUT2D eigenvalue weighted by Gasteiger charge is 2.38. The zero-order chi connectivity index (χ0) is 10.9. The summed E-state index contributed by atoms with van der Waals surface area (Å²) in [6.07, 6.45) is 2.27. The molecule has 2 aliphatic heterocycles. The first-order chi connectivity index (χ1) is 7.11. The van der Waals surface area contributed by atoms with Crippen molar-refractivity contribution in [2.45, 2.75) is 32.4 Å². The SMILES string of the molecule is CC(C)C1CNC2(CCN(C)CC2)OC1. The van der Waals surface area contributed by atoms with E-state index in [1.807, 2.05) is 0 Å². The van der Waals surface area contributed by atoms with Crippen LogP contribution in [0.4, 0.5) is 0 Å². The van der Waals surface area contributed by atoms with Crippen molar-refractivity contribution in [3.8, 4) is 0 Å². The second-order valence-electron chi connectivity index (χ2n) is 5.49. The lowest BCUT2D eigenvalue weighted by Gasteiger charge is -2.46. The number of nitrogens with zero attached hydrogens (tertiary/aromatic N) is 1. The van der Waals surface area contributed by atoms with Gasteiger partial charge < -0.3 is 9.64 Å². The summed E-state index contributed by atoms with van der Waals surface area (Å²) in [6.45, 7) is 8.93. The molecular formula is C12H24N2O. The van der Waals surface area contributed by atoms with Crippen molar-refractivity contribution in [3.05, 3.63) is 0 Å². The van der Waals surface area contributed by atoms with Crippen LogP contribution in [0, 0.1) is 11.8 Å². The molecule has 2 heterocycles. The maximum atomic E-state index is 6.09. The summed E-state index contributed by atoms with van der Waals surface area (Å²) in [5.74, 6) is 1.41. The fourth-order valence-corrected chi connectivity index (χ4v) is 2.42. The predicted octanol–water partition coefficient (Wildman–Crippen LogP) is 1.30. The fourth-order valence-electron chi connectivity index (χ4n) is 2.42. The highest BCUT2D eigenvalue weighted by Crippen LogP contribution is 2.28. The molecule has 0 aliphatic carbocycles. The molecule has 0 aromatic rings. The summed E-state index contributed by atoms with van der Waals surface area (Å²) in [6, 6.07) is 0. The topological polar surface area (TPSA) is 24.5 Å². The number of nitrogens with one attached hydrogen (secondary N) is 1. The minimum Gasteiger partial charge on any atom is -0.360 e. The standard InChI is InChI=1S/C12H24N2O/c1-10(2)11-8-13-12(15-9-11)4-6-14(3)7-5-12/h10-11,13H,4-9H2,1-3H3. The molecule has 2 aliphatic rings. The van der Waals surface area contributed by atoms with Gasteiger partial charge >= 0.3 is 0 Å². The van der Waals surface area contributed by atoms with Gasteiger partial charge in [0.2, 0.25) is 0 Å². The van der Waals surface area contributed by atoms with E-state index in [0.29, 0.717) is 5.92 Å². The minimum atomic E-state index is 0.0118. The average Bonchev–Trinajstić information content (AvgIpc) is 2.24. The van der Waals surface area contributed by atoms with Crippen molar-refractivity contribution in [3.63, 3.8) is 0 Å². The molecule has 2 saturated heterocycles. The van der Waals surface area contributed by atoms with Crippen LogP contribution in [-0.2, 0) is 4.74 Å². The number of hydrogen-bond donors (Lipinski definition) is 1. The van der Waals surface area contributed by atoms with Gasteiger partial charge in [0.1, 0.15) is 5.72 Å². The Morgan fingerprint density at radius 1 is 1.33 bits per heavy atom. The summed E-state index contributed by atoms with van der Waals surface area (Å²) in [7, 11) is 2.19. The Bertz CT molecular complexity index is 200. The first-order valence-electron chi connectivity index (χ1n) is 6.19. The second kappa shape index (κ2) is 4.40. The molecule has 0 aromatic carbocycles. The van der Waals surface area contributed by atoms with Gasteiger partial charge in [-0.15, -0.1) is 0 Å². The number of likely N-dealkylation sites (tertiary alicyclic amines) is 1. The van der Waals surface area contributed by atoms with Crippen LogP contribution in [0.5, 0.6) is 0 Å². The molecule has 3 heteroatoms. The molecule has 1 spiro atoms. The van der Waals surface area contributed by atoms with Crippen molar-refractivity contribution >= 4 is 0 Å². The Kier molecular flexibility index (Phi) is 3.33. The van der Waals surface area contributed by atoms with E-state index >= 15 is 0 Å². The first-order valence-corrected chi connectivity index (χ1v) is 6.19. The molecule has 88 valence electrons. The summed E-state index contributed by atoms with van der Waals surface area (Å²) in [5, 5.41) is 3.64. The van der Waals surface area contributed by atoms with Crippen LogP contribution < -0.4 is 5.32 Å². The lowest BCUT2D eigenvalue weighted by atomic mass is 9.91. The largest absolute Gasteiger partial charge is 0.360 e. The summed E-state index contributed by atoms with van der Waals surface area (Å²) in [4.78, 5) is 2.38. The monoisotopic (exact) mass is 212 g/mol. The zero-order valence-corrected chi connectivity index (χ0v) is 10.3. The molecular weight excluding hydrogens is 188 g/mol. The van der Waals surface area contributed by atoms with Crippen LogP contribution in [0.3, 0.4) is 0 Å². The first kappa shape index (κ1) is 11.4. The highest BCUT2D eigenvalue weighted by molar-refractivity contribution is 4.89. The number of ether oxygens (including phenoxy) is 1. The number of piperidine rings is 1. The van der Waals surface area contributed by atoms with Crippen LogP contribution in [-0.4, -0.2) is 43.9 Å². The molecule has 1 atom stereocenters. The van der Waals surface area contributed by atoms with Gasteiger partial charge in [-0.25, -0.2) is 0 Å². The highest BCUT2D eigenvalue weighted by atomic mass is 16.5. The molecule has 15 heavy (non-hydrogen) atoms. The van der Waals surface area contributed by atoms with E-state index in [9.17, 15) is 0 Å². The third-order valence-corrected chi connectivity index (χ3v) is 4.00. The Balaban J connectivity index is 1.86. The fraction of sp³-hybridized carbons (Fsp3) is 1.00. The van der Waals surface area contributed by atoms with Crippen molar-refractivity contribution in [1.82, 2.24) is 10.2 Å². The zero-order valence-electron chi connectivity index (χ0n) is 10.3. The summed E-state index contributed by atoms with van der Waals surface area (Å²) >= 11 is 0. The molecule has 0 radical (unpaired) electrons. The van der Waals surface area contributed by atoms with Crippen LogP contribution in [0.2, 0.25) is 0 Å². The Labute approximate surface area is 93.2 Å². The minimum absolute atomic E-state index is 0.0118. The van der Waals surface area contributed by atoms with Crippen LogP contribution in [0.15, 0.2) is 0 Å². The van der Waals surface area contributed by atoms with E-state index in [1.165, 1.54) is 0 Å². The molecule has 0 amide bonds. The van der Waals surface area contributed by atoms with Gasteiger partial charge in [-0.2, -0.15) is 0 Å². The third-order valence-electron chi connectivity index (χ3n) is 4.00. The van der Waals surface area contributed by atoms with Gasteiger partial charge in [-0.3, -0.25) is 5.32 Å². The average molecular weight is 212 g/mol. The third kappa shape index (κ3) is 2.52. The Morgan fingerprint density at radius 3 is 2.47 bits per heavy atom. The summed E-state index contributed by atoms with van der Waals surface area (Å²) in [5.41, 5.74) is 0.0118. The molecule has 0 bridgehead atoms. The van der Waals surface area contributed by atoms with Gasteiger partial charge in [0.25, 0.3) is 0 Å². The van der Waals surface area contributed by atoms with E-state index in [0.717, 1.165) is 45.0 Å². The second-order valence-corrected chi connectivity index (χ2v) is 5.49. The lowest BCUT2D eigenvalue weighted by molar-refractivity contribution is -0.147. The maximum absolute atomic E-state index is 6.09. The Hall–Kier alpha value is -0.120. The summed E-state index contributed by atoms with van der Waals surface area (Å²) < 4.78 is 6.09. The van der Waals surface area contributed by atoms with Crippen LogP contribution >= 0.6 is 0 Å². The van der Waals surface area contributed by atoms with Crippen molar-refractivity contribution < 1.29 is 4.74 Å². The van der Waals surface area contributed by atoms with Gasteiger partial charge in [-0.05, 0) is 18.9 Å². The normalized spacial score (nSPS) is 32.4. The van der Waals surface area contributed by atoms with Crippen molar-refractivity contribution in [2.24, 2.45) is 11.8 Å². The van der Waals surface area contributed by atoms with Crippen LogP contribution in [0.1, 0.15) is 26.7 Å². The van der Waals surface area contributed by atoms with Gasteiger partial charge in [0, 0.05) is 32.5 Å². The van der Waals surface area contributed by atoms with Gasteiger partial charge in [0.15, 0.2) is 0 Å². The lowest BCUT2D eigenvalue weighted by Crippen LogP contribution is -2.60. The molecule has 2 rings (SSSR count). The van der Waals surface area contributed by atoms with Crippen LogP contribution in [0.25, 0.3) is 0 Å². The van der Waals surface area contributed by atoms with E-state index in [-0.39, 0.29) is 5.72 Å². The predicted molar refractivity (Wildman–Crippen MR) is 61.7 cm³/mol. The molecule has 3 nitrogen and oxygen atoms in total. The molecule has 0 aromatic heterocycles. The number of rotatable bonds is 1. The van der Waals surface area contributed by atoms with E-state index in [1.54, 1.807) is 0 Å².